The fraction of sp³-hybridized carbons (Fsp3) is 0.917. The molecule has 0 radical (unpaired) electrons. The van der Waals surface area contributed by atoms with Crippen LogP contribution in [0, 0.1) is 16.7 Å². The van der Waals surface area contributed by atoms with Crippen LogP contribution in [0.5, 0.6) is 0 Å². The SMILES string of the molecule is CN(C)/N=C1\CC2CCC1(C)C2(C)C. The van der Waals surface area contributed by atoms with Crippen molar-refractivity contribution in [1.82, 2.24) is 5.01 Å². The van der Waals surface area contributed by atoms with Gasteiger partial charge >= 0.3 is 0 Å². The lowest BCUT2D eigenvalue weighted by molar-refractivity contribution is 0.192. The predicted octanol–water partition coefficient (Wildman–Crippen LogP) is 2.75. The molecule has 14 heavy (non-hydrogen) atoms. The number of rotatable bonds is 1. The molecule has 0 saturated heterocycles. The molecular formula is C12H22N2. The molecule has 0 aromatic heterocycles. The molecule has 2 fully saturated rings. The van der Waals surface area contributed by atoms with Crippen LogP contribution in [0.4, 0.5) is 0 Å². The average molecular weight is 194 g/mol. The molecule has 0 spiro atoms. The lowest BCUT2D eigenvalue weighted by Gasteiger charge is -2.34. The van der Waals surface area contributed by atoms with Gasteiger partial charge in [0.1, 0.15) is 0 Å². The molecule has 2 atom stereocenters. The third-order valence-corrected chi connectivity index (χ3v) is 4.83. The lowest BCUT2D eigenvalue weighted by atomic mass is 9.70. The number of nitrogens with zero attached hydrogens (tertiary/aromatic N) is 2. The highest BCUT2D eigenvalue weighted by molar-refractivity contribution is 5.94. The highest BCUT2D eigenvalue weighted by atomic mass is 15.4. The molecule has 2 heteroatoms. The van der Waals surface area contributed by atoms with E-state index >= 15 is 0 Å². The Bertz CT molecular complexity index is 278. The summed E-state index contributed by atoms with van der Waals surface area (Å²) in [7, 11) is 4.05. The van der Waals surface area contributed by atoms with E-state index in [2.05, 4.69) is 25.9 Å². The van der Waals surface area contributed by atoms with E-state index in [1.807, 2.05) is 19.1 Å². The summed E-state index contributed by atoms with van der Waals surface area (Å²) in [6.07, 6.45) is 3.95. The Morgan fingerprint density at radius 1 is 1.29 bits per heavy atom. The Hall–Kier alpha value is -0.530. The van der Waals surface area contributed by atoms with Crippen molar-refractivity contribution in [2.24, 2.45) is 21.8 Å². The highest BCUT2D eigenvalue weighted by Crippen LogP contribution is 2.63. The summed E-state index contributed by atoms with van der Waals surface area (Å²) in [6, 6.07) is 0. The Kier molecular flexibility index (Phi) is 1.96. The predicted molar refractivity (Wildman–Crippen MR) is 60.4 cm³/mol. The number of hydrogen-bond donors (Lipinski definition) is 0. The van der Waals surface area contributed by atoms with Crippen LogP contribution < -0.4 is 0 Å². The van der Waals surface area contributed by atoms with Gasteiger partial charge in [0.25, 0.3) is 0 Å². The second kappa shape index (κ2) is 2.74. The smallest absolute Gasteiger partial charge is 0.0447 e. The first kappa shape index (κ1) is 10.0. The van der Waals surface area contributed by atoms with Crippen LogP contribution in [-0.2, 0) is 0 Å². The maximum atomic E-state index is 4.68. The zero-order valence-electron chi connectivity index (χ0n) is 10.1. The van der Waals surface area contributed by atoms with E-state index in [0.717, 1.165) is 5.92 Å². The van der Waals surface area contributed by atoms with Crippen LogP contribution in [0.1, 0.15) is 40.0 Å². The van der Waals surface area contributed by atoms with Crippen LogP contribution >= 0.6 is 0 Å². The van der Waals surface area contributed by atoms with Gasteiger partial charge in [-0.25, -0.2) is 0 Å². The molecule has 2 nitrogen and oxygen atoms in total. The molecule has 0 amide bonds. The Morgan fingerprint density at radius 2 is 1.93 bits per heavy atom. The number of hydrazone groups is 1. The van der Waals surface area contributed by atoms with E-state index in [-0.39, 0.29) is 0 Å². The first-order valence-corrected chi connectivity index (χ1v) is 5.63. The normalized spacial score (nSPS) is 42.1. The highest BCUT2D eigenvalue weighted by Gasteiger charge is 2.59. The monoisotopic (exact) mass is 194 g/mol. The molecule has 2 unspecified atom stereocenters. The van der Waals surface area contributed by atoms with Crippen molar-refractivity contribution in [2.45, 2.75) is 40.0 Å². The molecule has 0 heterocycles. The minimum Gasteiger partial charge on any atom is -0.303 e. The van der Waals surface area contributed by atoms with Crippen molar-refractivity contribution in [3.05, 3.63) is 0 Å². The lowest BCUT2D eigenvalue weighted by Crippen LogP contribution is -2.33. The topological polar surface area (TPSA) is 15.6 Å². The molecule has 2 aliphatic carbocycles. The van der Waals surface area contributed by atoms with E-state index in [9.17, 15) is 0 Å². The largest absolute Gasteiger partial charge is 0.303 e. The summed E-state index contributed by atoms with van der Waals surface area (Å²) < 4.78 is 0. The zero-order chi connectivity index (χ0) is 10.6. The van der Waals surface area contributed by atoms with Crippen molar-refractivity contribution < 1.29 is 0 Å². The average Bonchev–Trinajstić information content (AvgIpc) is 2.35. The molecular weight excluding hydrogens is 172 g/mol. The van der Waals surface area contributed by atoms with Gasteiger partial charge < -0.3 is 5.01 Å². The molecule has 0 aromatic rings. The summed E-state index contributed by atoms with van der Waals surface area (Å²) in [4.78, 5) is 0. The van der Waals surface area contributed by atoms with Gasteiger partial charge in [-0.1, -0.05) is 20.8 Å². The molecule has 0 aromatic carbocycles. The molecule has 2 saturated carbocycles. The Morgan fingerprint density at radius 3 is 2.29 bits per heavy atom. The third-order valence-electron chi connectivity index (χ3n) is 4.83. The summed E-state index contributed by atoms with van der Waals surface area (Å²) in [5, 5.41) is 6.63. The van der Waals surface area contributed by atoms with Gasteiger partial charge in [-0.3, -0.25) is 0 Å². The van der Waals surface area contributed by atoms with Gasteiger partial charge in [0.05, 0.1) is 0 Å². The van der Waals surface area contributed by atoms with Crippen molar-refractivity contribution in [2.75, 3.05) is 14.1 Å². The summed E-state index contributed by atoms with van der Waals surface area (Å²) >= 11 is 0. The molecule has 0 aliphatic heterocycles. The maximum Gasteiger partial charge on any atom is 0.0447 e. The van der Waals surface area contributed by atoms with E-state index in [1.54, 1.807) is 0 Å². The van der Waals surface area contributed by atoms with Crippen LogP contribution in [0.25, 0.3) is 0 Å². The zero-order valence-corrected chi connectivity index (χ0v) is 10.1. The standard InChI is InChI=1S/C12H22N2/c1-11(2)9-6-7-12(11,3)10(8-9)13-14(4)5/h9H,6-8H2,1-5H3/b13-10+. The first-order valence-electron chi connectivity index (χ1n) is 5.63. The van der Waals surface area contributed by atoms with Crippen molar-refractivity contribution >= 4 is 5.71 Å². The van der Waals surface area contributed by atoms with E-state index in [4.69, 9.17) is 0 Å². The van der Waals surface area contributed by atoms with Crippen LogP contribution in [0.15, 0.2) is 5.10 Å². The fourth-order valence-electron chi connectivity index (χ4n) is 3.32. The van der Waals surface area contributed by atoms with Crippen LogP contribution in [-0.4, -0.2) is 24.8 Å². The molecule has 80 valence electrons. The summed E-state index contributed by atoms with van der Waals surface area (Å²) in [6.45, 7) is 7.24. The van der Waals surface area contributed by atoms with Crippen LogP contribution in [0.2, 0.25) is 0 Å². The second-order valence-electron chi connectivity index (χ2n) is 5.89. The van der Waals surface area contributed by atoms with Gasteiger partial charge in [-0.15, -0.1) is 0 Å². The fourth-order valence-corrected chi connectivity index (χ4v) is 3.32. The minimum absolute atomic E-state index is 0.363. The van der Waals surface area contributed by atoms with Gasteiger partial charge in [0, 0.05) is 25.2 Å². The van der Waals surface area contributed by atoms with Gasteiger partial charge in [-0.05, 0) is 30.6 Å². The van der Waals surface area contributed by atoms with E-state index in [0.29, 0.717) is 10.8 Å². The van der Waals surface area contributed by atoms with Crippen molar-refractivity contribution in [1.29, 1.82) is 0 Å². The maximum absolute atomic E-state index is 4.68. The Labute approximate surface area is 87.4 Å². The minimum atomic E-state index is 0.363. The van der Waals surface area contributed by atoms with Crippen LogP contribution in [0.3, 0.4) is 0 Å². The molecule has 2 bridgehead atoms. The van der Waals surface area contributed by atoms with Gasteiger partial charge in [0.2, 0.25) is 0 Å². The summed E-state index contributed by atoms with van der Waals surface area (Å²) in [5.74, 6) is 0.867. The Balaban J connectivity index is 2.36. The third kappa shape index (κ3) is 1.06. The van der Waals surface area contributed by atoms with E-state index < -0.39 is 0 Å². The second-order valence-corrected chi connectivity index (χ2v) is 5.89. The van der Waals surface area contributed by atoms with Gasteiger partial charge in [-0.2, -0.15) is 5.10 Å². The van der Waals surface area contributed by atoms with E-state index in [1.165, 1.54) is 25.0 Å². The first-order chi connectivity index (χ1) is 6.38. The molecule has 2 rings (SSSR count). The summed E-state index contributed by atoms with van der Waals surface area (Å²) in [5.41, 5.74) is 2.26. The quantitative estimate of drug-likeness (QED) is 0.586. The van der Waals surface area contributed by atoms with Crippen molar-refractivity contribution in [3.8, 4) is 0 Å². The number of fused-ring (bicyclic) bond motifs is 2. The molecule has 0 N–H and O–H groups in total. The number of hydrogen-bond acceptors (Lipinski definition) is 2. The van der Waals surface area contributed by atoms with Gasteiger partial charge in [0.15, 0.2) is 0 Å². The molecule has 2 aliphatic rings. The van der Waals surface area contributed by atoms with Crippen molar-refractivity contribution in [3.63, 3.8) is 0 Å².